The molecule has 0 spiro atoms. The zero-order valence-electron chi connectivity index (χ0n) is 15.5. The number of aromatic nitrogens is 1. The van der Waals surface area contributed by atoms with Crippen LogP contribution in [0, 0.1) is 0 Å². The Morgan fingerprint density at radius 1 is 1.20 bits per heavy atom. The highest BCUT2D eigenvalue weighted by Crippen LogP contribution is 2.08. The van der Waals surface area contributed by atoms with Crippen molar-refractivity contribution >= 4 is 17.6 Å². The molecule has 0 aliphatic carbocycles. The van der Waals surface area contributed by atoms with Gasteiger partial charge in [-0.2, -0.15) is 0 Å². The smallest absolute Gasteiger partial charge is 0.245 e. The number of amides is 2. The number of carbonyl (C=O) groups excluding carboxylic acids is 2. The summed E-state index contributed by atoms with van der Waals surface area (Å²) in [6.45, 7) is 5.87. The van der Waals surface area contributed by atoms with E-state index in [1.165, 1.54) is 19.1 Å². The average molecular weight is 353 g/mol. The van der Waals surface area contributed by atoms with Crippen LogP contribution < -0.4 is 5.32 Å². The summed E-state index contributed by atoms with van der Waals surface area (Å²) in [4.78, 5) is 26.2. The fourth-order valence-electron chi connectivity index (χ4n) is 2.46. The highest BCUT2D eigenvalue weighted by atomic mass is 16.5. The Morgan fingerprint density at radius 2 is 2.00 bits per heavy atom. The van der Waals surface area contributed by atoms with Crippen LogP contribution in [0.1, 0.15) is 58.8 Å². The van der Waals surface area contributed by atoms with Gasteiger partial charge >= 0.3 is 0 Å². The monoisotopic (exact) mass is 353 g/mol. The normalized spacial score (nSPS) is 10.6. The maximum atomic E-state index is 12.4. The van der Waals surface area contributed by atoms with E-state index in [-0.39, 0.29) is 18.4 Å². The van der Waals surface area contributed by atoms with E-state index in [0.717, 1.165) is 19.3 Å². The van der Waals surface area contributed by atoms with Crippen molar-refractivity contribution in [2.24, 2.45) is 0 Å². The van der Waals surface area contributed by atoms with Crippen LogP contribution in [0.5, 0.6) is 0 Å². The van der Waals surface area contributed by atoms with Crippen molar-refractivity contribution in [2.45, 2.75) is 58.8 Å². The molecule has 142 valence electrons. The molecule has 7 heteroatoms. The molecule has 1 aromatic rings. The van der Waals surface area contributed by atoms with Gasteiger partial charge in [-0.3, -0.25) is 9.59 Å². The van der Waals surface area contributed by atoms with Crippen molar-refractivity contribution in [3.63, 3.8) is 0 Å². The molecule has 0 fully saturated rings. The summed E-state index contributed by atoms with van der Waals surface area (Å²) < 4.78 is 10.0. The lowest BCUT2D eigenvalue weighted by atomic mass is 10.1. The van der Waals surface area contributed by atoms with Crippen molar-refractivity contribution < 1.29 is 18.8 Å². The molecule has 1 heterocycles. The summed E-state index contributed by atoms with van der Waals surface area (Å²) in [5.41, 5.74) is 0. The SMILES string of the molecule is CCCCCCCC(=O)N(CCCOCC)CC(=O)Nc1ccon1. The third-order valence-electron chi connectivity index (χ3n) is 3.81. The Kier molecular flexibility index (Phi) is 11.3. The molecule has 1 N–H and O–H groups in total. The summed E-state index contributed by atoms with van der Waals surface area (Å²) in [6.07, 6.45) is 8.04. The van der Waals surface area contributed by atoms with Gasteiger partial charge in [-0.1, -0.05) is 37.8 Å². The molecule has 1 rings (SSSR count). The van der Waals surface area contributed by atoms with E-state index in [0.29, 0.717) is 38.4 Å². The van der Waals surface area contributed by atoms with Gasteiger partial charge in [0.2, 0.25) is 11.8 Å². The maximum Gasteiger partial charge on any atom is 0.245 e. The van der Waals surface area contributed by atoms with Crippen LogP contribution in [0.25, 0.3) is 0 Å². The van der Waals surface area contributed by atoms with Gasteiger partial charge in [0.05, 0.1) is 6.54 Å². The minimum absolute atomic E-state index is 0.0169. The number of nitrogens with zero attached hydrogens (tertiary/aromatic N) is 2. The highest BCUT2D eigenvalue weighted by molar-refractivity contribution is 5.93. The number of anilines is 1. The molecule has 7 nitrogen and oxygen atoms in total. The molecule has 25 heavy (non-hydrogen) atoms. The Hall–Kier alpha value is -1.89. The zero-order valence-corrected chi connectivity index (χ0v) is 15.5. The van der Waals surface area contributed by atoms with E-state index in [4.69, 9.17) is 4.74 Å². The summed E-state index contributed by atoms with van der Waals surface area (Å²) in [7, 11) is 0. The zero-order chi connectivity index (χ0) is 18.3. The van der Waals surface area contributed by atoms with Gasteiger partial charge < -0.3 is 19.5 Å². The fraction of sp³-hybridized carbons (Fsp3) is 0.722. The van der Waals surface area contributed by atoms with Crippen molar-refractivity contribution in [1.82, 2.24) is 10.1 Å². The second-order valence-corrected chi connectivity index (χ2v) is 5.96. The minimum atomic E-state index is -0.273. The molecule has 0 radical (unpaired) electrons. The van der Waals surface area contributed by atoms with E-state index in [2.05, 4.69) is 21.9 Å². The summed E-state index contributed by atoms with van der Waals surface area (Å²) >= 11 is 0. The molecule has 2 amide bonds. The molecule has 0 bridgehead atoms. The number of ether oxygens (including phenoxy) is 1. The largest absolute Gasteiger partial charge is 0.382 e. The van der Waals surface area contributed by atoms with Gasteiger partial charge in [0, 0.05) is 32.2 Å². The Bertz CT molecular complexity index is 477. The third kappa shape index (κ3) is 9.86. The first-order chi connectivity index (χ1) is 12.2. The van der Waals surface area contributed by atoms with Gasteiger partial charge in [-0.25, -0.2) is 0 Å². The first-order valence-electron chi connectivity index (χ1n) is 9.23. The molecule has 1 aromatic heterocycles. The van der Waals surface area contributed by atoms with Crippen molar-refractivity contribution in [2.75, 3.05) is 31.6 Å². The Labute approximate surface area is 150 Å². The van der Waals surface area contributed by atoms with Gasteiger partial charge in [-0.15, -0.1) is 0 Å². The van der Waals surface area contributed by atoms with Crippen LogP contribution in [0.2, 0.25) is 0 Å². The molecule has 0 aromatic carbocycles. The lowest BCUT2D eigenvalue weighted by Crippen LogP contribution is -2.39. The average Bonchev–Trinajstić information content (AvgIpc) is 3.10. The maximum absolute atomic E-state index is 12.4. The lowest BCUT2D eigenvalue weighted by molar-refractivity contribution is -0.135. The summed E-state index contributed by atoms with van der Waals surface area (Å²) in [5, 5.41) is 6.27. The highest BCUT2D eigenvalue weighted by Gasteiger charge is 2.17. The molecule has 0 unspecified atom stereocenters. The lowest BCUT2D eigenvalue weighted by Gasteiger charge is -2.22. The number of carbonyl (C=O) groups is 2. The standard InChI is InChI=1S/C18H31N3O4/c1-3-5-6-7-8-10-18(23)21(12-9-13-24-4-2)15-17(22)19-16-11-14-25-20-16/h11,14H,3-10,12-13,15H2,1-2H3,(H,19,20,22). The number of hydrogen-bond acceptors (Lipinski definition) is 5. The quantitative estimate of drug-likeness (QED) is 0.519. The van der Waals surface area contributed by atoms with Gasteiger partial charge in [0.25, 0.3) is 0 Å². The number of nitrogens with one attached hydrogen (secondary N) is 1. The van der Waals surface area contributed by atoms with Crippen LogP contribution in [-0.2, 0) is 14.3 Å². The molecule has 0 aliphatic rings. The molecule has 0 saturated carbocycles. The van der Waals surface area contributed by atoms with Crippen LogP contribution in [0.3, 0.4) is 0 Å². The summed E-state index contributed by atoms with van der Waals surface area (Å²) in [5.74, 6) is 0.0965. The predicted molar refractivity (Wildman–Crippen MR) is 96.2 cm³/mol. The van der Waals surface area contributed by atoms with E-state index < -0.39 is 0 Å². The number of hydrogen-bond donors (Lipinski definition) is 1. The Balaban J connectivity index is 2.43. The van der Waals surface area contributed by atoms with E-state index >= 15 is 0 Å². The van der Waals surface area contributed by atoms with Gasteiger partial charge in [0.1, 0.15) is 6.26 Å². The molecule has 0 atom stereocenters. The van der Waals surface area contributed by atoms with Crippen LogP contribution in [0.15, 0.2) is 16.9 Å². The van der Waals surface area contributed by atoms with Crippen molar-refractivity contribution in [1.29, 1.82) is 0 Å². The van der Waals surface area contributed by atoms with Crippen molar-refractivity contribution in [3.8, 4) is 0 Å². The summed E-state index contributed by atoms with van der Waals surface area (Å²) in [6, 6.07) is 1.56. The van der Waals surface area contributed by atoms with Crippen LogP contribution >= 0.6 is 0 Å². The molecule has 0 aliphatic heterocycles. The van der Waals surface area contributed by atoms with E-state index in [1.807, 2.05) is 6.92 Å². The second-order valence-electron chi connectivity index (χ2n) is 5.96. The van der Waals surface area contributed by atoms with E-state index in [9.17, 15) is 9.59 Å². The second kappa shape index (κ2) is 13.4. The first kappa shape index (κ1) is 21.2. The van der Waals surface area contributed by atoms with Gasteiger partial charge in [-0.05, 0) is 19.8 Å². The van der Waals surface area contributed by atoms with Crippen LogP contribution in [-0.4, -0.2) is 48.2 Å². The fourth-order valence-corrected chi connectivity index (χ4v) is 2.46. The number of unbranched alkanes of at least 4 members (excludes halogenated alkanes) is 4. The molecule has 0 saturated heterocycles. The first-order valence-corrected chi connectivity index (χ1v) is 9.23. The minimum Gasteiger partial charge on any atom is -0.382 e. The third-order valence-corrected chi connectivity index (χ3v) is 3.81. The number of rotatable bonds is 14. The van der Waals surface area contributed by atoms with E-state index in [1.54, 1.807) is 11.0 Å². The molecular weight excluding hydrogens is 322 g/mol. The molecular formula is C18H31N3O4. The Morgan fingerprint density at radius 3 is 2.68 bits per heavy atom. The van der Waals surface area contributed by atoms with Gasteiger partial charge in [0.15, 0.2) is 5.82 Å². The van der Waals surface area contributed by atoms with Crippen molar-refractivity contribution in [3.05, 3.63) is 12.3 Å². The topological polar surface area (TPSA) is 84.7 Å². The predicted octanol–water partition coefficient (Wildman–Crippen LogP) is 3.23. The van der Waals surface area contributed by atoms with Crippen LogP contribution in [0.4, 0.5) is 5.82 Å².